The van der Waals surface area contributed by atoms with Gasteiger partial charge in [-0.2, -0.15) is 0 Å². The zero-order valence-corrected chi connectivity index (χ0v) is 11.3. The number of fused-ring (bicyclic) bond motifs is 1. The normalized spacial score (nSPS) is 23.5. The van der Waals surface area contributed by atoms with Crippen LogP contribution < -0.4 is 9.64 Å². The fraction of sp³-hybridized carbons (Fsp3) is 0.562. The van der Waals surface area contributed by atoms with Gasteiger partial charge in [-0.1, -0.05) is 18.6 Å². The minimum Gasteiger partial charge on any atom is -0.491 e. The summed E-state index contributed by atoms with van der Waals surface area (Å²) in [6.45, 7) is 2.62. The van der Waals surface area contributed by atoms with Crippen molar-refractivity contribution in [2.45, 2.75) is 32.1 Å². The molecule has 0 aromatic heterocycles. The smallest absolute Gasteiger partial charge is 0.142 e. The second-order valence-electron chi connectivity index (χ2n) is 5.52. The molecule has 0 amide bonds. The number of anilines is 1. The van der Waals surface area contributed by atoms with Gasteiger partial charge in [0.1, 0.15) is 11.5 Å². The Bertz CT molecular complexity index is 458. The van der Waals surface area contributed by atoms with Gasteiger partial charge in [0.25, 0.3) is 0 Å². The summed E-state index contributed by atoms with van der Waals surface area (Å²) in [6.07, 6.45) is 5.13. The van der Waals surface area contributed by atoms with Crippen molar-refractivity contribution in [2.75, 3.05) is 24.6 Å². The Labute approximate surface area is 114 Å². The first kappa shape index (κ1) is 12.5. The van der Waals surface area contributed by atoms with Gasteiger partial charge in [-0.25, -0.2) is 0 Å². The van der Waals surface area contributed by atoms with E-state index in [-0.39, 0.29) is 5.92 Å². The lowest BCUT2D eigenvalue weighted by Crippen LogP contribution is -2.35. The van der Waals surface area contributed by atoms with Gasteiger partial charge in [0.2, 0.25) is 0 Å². The summed E-state index contributed by atoms with van der Waals surface area (Å²) in [6, 6.07) is 8.18. The van der Waals surface area contributed by atoms with Crippen LogP contribution in [0.15, 0.2) is 24.3 Å². The molecule has 1 aliphatic heterocycles. The molecule has 1 atom stereocenters. The minimum atomic E-state index is 0.222. The monoisotopic (exact) mass is 259 g/mol. The van der Waals surface area contributed by atoms with Crippen LogP contribution >= 0.6 is 0 Å². The SMILES string of the molecule is O=C1CCCCC1CN1CCCOc2ccccc21. The molecule has 1 saturated carbocycles. The first-order valence-electron chi connectivity index (χ1n) is 7.34. The molecule has 2 aliphatic rings. The average Bonchev–Trinajstić information content (AvgIpc) is 2.64. The number of carbonyl (C=O) groups excluding carboxylic acids is 1. The lowest BCUT2D eigenvalue weighted by atomic mass is 9.87. The summed E-state index contributed by atoms with van der Waals surface area (Å²) in [7, 11) is 0. The highest BCUT2D eigenvalue weighted by molar-refractivity contribution is 5.82. The molecule has 3 rings (SSSR count). The van der Waals surface area contributed by atoms with Gasteiger partial charge in [-0.3, -0.25) is 4.79 Å². The summed E-state index contributed by atoms with van der Waals surface area (Å²) >= 11 is 0. The highest BCUT2D eigenvalue weighted by atomic mass is 16.5. The fourth-order valence-electron chi connectivity index (χ4n) is 3.10. The Morgan fingerprint density at radius 3 is 3.00 bits per heavy atom. The van der Waals surface area contributed by atoms with Crippen molar-refractivity contribution in [3.8, 4) is 5.75 Å². The number of ether oxygens (including phenoxy) is 1. The van der Waals surface area contributed by atoms with Crippen LogP contribution in [0.25, 0.3) is 0 Å². The van der Waals surface area contributed by atoms with Gasteiger partial charge in [-0.15, -0.1) is 0 Å². The van der Waals surface area contributed by atoms with E-state index in [1.165, 1.54) is 6.42 Å². The first-order chi connectivity index (χ1) is 9.34. The lowest BCUT2D eigenvalue weighted by Gasteiger charge is -2.30. The van der Waals surface area contributed by atoms with E-state index >= 15 is 0 Å². The standard InChI is InChI=1S/C16H21NO2/c18-15-8-3-1-6-13(15)12-17-10-5-11-19-16-9-4-2-7-14(16)17/h2,4,7,9,13H,1,3,5-6,8,10-12H2. The predicted octanol–water partition coefficient (Wildman–Crippen LogP) is 3.03. The summed E-state index contributed by atoms with van der Waals surface area (Å²) in [5.74, 6) is 1.64. The number of benzene rings is 1. The van der Waals surface area contributed by atoms with E-state index in [4.69, 9.17) is 4.74 Å². The van der Waals surface area contributed by atoms with E-state index in [0.29, 0.717) is 5.78 Å². The molecular formula is C16H21NO2. The Morgan fingerprint density at radius 2 is 2.11 bits per heavy atom. The molecule has 1 aromatic rings. The second kappa shape index (κ2) is 5.64. The third-order valence-electron chi connectivity index (χ3n) is 4.16. The first-order valence-corrected chi connectivity index (χ1v) is 7.34. The molecule has 0 bridgehead atoms. The Morgan fingerprint density at radius 1 is 1.21 bits per heavy atom. The van der Waals surface area contributed by atoms with Crippen molar-refractivity contribution in [2.24, 2.45) is 5.92 Å². The number of carbonyl (C=O) groups is 1. The summed E-state index contributed by atoms with van der Waals surface area (Å²) in [4.78, 5) is 14.4. The molecule has 0 saturated heterocycles. The second-order valence-corrected chi connectivity index (χ2v) is 5.52. The number of para-hydroxylation sites is 2. The van der Waals surface area contributed by atoms with E-state index in [1.54, 1.807) is 0 Å². The highest BCUT2D eigenvalue weighted by Gasteiger charge is 2.26. The molecule has 1 aliphatic carbocycles. The van der Waals surface area contributed by atoms with Gasteiger partial charge >= 0.3 is 0 Å². The molecule has 3 heteroatoms. The fourth-order valence-corrected chi connectivity index (χ4v) is 3.10. The van der Waals surface area contributed by atoms with E-state index in [1.807, 2.05) is 18.2 Å². The quantitative estimate of drug-likeness (QED) is 0.817. The molecule has 0 spiro atoms. The van der Waals surface area contributed by atoms with E-state index in [2.05, 4.69) is 11.0 Å². The molecule has 0 radical (unpaired) electrons. The maximum atomic E-state index is 12.0. The van der Waals surface area contributed by atoms with E-state index < -0.39 is 0 Å². The summed E-state index contributed by atoms with van der Waals surface area (Å²) in [5.41, 5.74) is 1.15. The molecule has 1 unspecified atom stereocenters. The third kappa shape index (κ3) is 2.75. The zero-order chi connectivity index (χ0) is 13.1. The Balaban J connectivity index is 1.78. The van der Waals surface area contributed by atoms with Gasteiger partial charge in [-0.05, 0) is 31.4 Å². The van der Waals surface area contributed by atoms with Crippen LogP contribution in [0.5, 0.6) is 5.75 Å². The number of nitrogens with zero attached hydrogens (tertiary/aromatic N) is 1. The van der Waals surface area contributed by atoms with Crippen molar-refractivity contribution >= 4 is 11.5 Å². The van der Waals surface area contributed by atoms with Gasteiger partial charge in [0.05, 0.1) is 12.3 Å². The maximum absolute atomic E-state index is 12.0. The Hall–Kier alpha value is -1.51. The van der Waals surface area contributed by atoms with Crippen molar-refractivity contribution in [3.63, 3.8) is 0 Å². The molecular weight excluding hydrogens is 238 g/mol. The summed E-state index contributed by atoms with van der Waals surface area (Å²) < 4.78 is 5.77. The van der Waals surface area contributed by atoms with Crippen LogP contribution in [0.1, 0.15) is 32.1 Å². The van der Waals surface area contributed by atoms with Crippen molar-refractivity contribution in [1.82, 2.24) is 0 Å². The summed E-state index contributed by atoms with van der Waals surface area (Å²) in [5, 5.41) is 0. The molecule has 1 heterocycles. The van der Waals surface area contributed by atoms with Crippen LogP contribution in [0.4, 0.5) is 5.69 Å². The van der Waals surface area contributed by atoms with Gasteiger partial charge < -0.3 is 9.64 Å². The van der Waals surface area contributed by atoms with Crippen LogP contribution in [0, 0.1) is 5.92 Å². The predicted molar refractivity (Wildman–Crippen MR) is 75.7 cm³/mol. The number of hydrogen-bond donors (Lipinski definition) is 0. The number of rotatable bonds is 2. The number of ketones is 1. The number of Topliss-reactive ketones (excluding diaryl/α,β-unsaturated/α-hetero) is 1. The topological polar surface area (TPSA) is 29.5 Å². The molecule has 1 fully saturated rings. The van der Waals surface area contributed by atoms with Crippen LogP contribution in [0.3, 0.4) is 0 Å². The molecule has 102 valence electrons. The van der Waals surface area contributed by atoms with Gasteiger partial charge in [0.15, 0.2) is 0 Å². The zero-order valence-electron chi connectivity index (χ0n) is 11.3. The molecule has 0 N–H and O–H groups in total. The molecule has 19 heavy (non-hydrogen) atoms. The largest absolute Gasteiger partial charge is 0.491 e. The highest BCUT2D eigenvalue weighted by Crippen LogP contribution is 2.32. The van der Waals surface area contributed by atoms with Crippen LogP contribution in [-0.4, -0.2) is 25.5 Å². The van der Waals surface area contributed by atoms with E-state index in [0.717, 1.165) is 56.8 Å². The maximum Gasteiger partial charge on any atom is 0.142 e. The third-order valence-corrected chi connectivity index (χ3v) is 4.16. The van der Waals surface area contributed by atoms with Gasteiger partial charge in [0, 0.05) is 25.4 Å². The Kier molecular flexibility index (Phi) is 3.72. The molecule has 1 aromatic carbocycles. The lowest BCUT2D eigenvalue weighted by molar-refractivity contribution is -0.124. The minimum absolute atomic E-state index is 0.222. The average molecular weight is 259 g/mol. The van der Waals surface area contributed by atoms with Crippen molar-refractivity contribution < 1.29 is 9.53 Å². The van der Waals surface area contributed by atoms with Crippen molar-refractivity contribution in [3.05, 3.63) is 24.3 Å². The van der Waals surface area contributed by atoms with E-state index in [9.17, 15) is 4.79 Å². The van der Waals surface area contributed by atoms with Crippen LogP contribution in [-0.2, 0) is 4.79 Å². The van der Waals surface area contributed by atoms with Crippen molar-refractivity contribution in [1.29, 1.82) is 0 Å². The van der Waals surface area contributed by atoms with Crippen LogP contribution in [0.2, 0.25) is 0 Å². The molecule has 3 nitrogen and oxygen atoms in total. The number of hydrogen-bond acceptors (Lipinski definition) is 3.